The number of ether oxygens (including phenoxy) is 4. The number of amides is 1. The zero-order chi connectivity index (χ0) is 22.1. The molecule has 0 heterocycles. The van der Waals surface area contributed by atoms with E-state index in [1.54, 1.807) is 18.2 Å². The Bertz CT molecular complexity index is 979. The number of carbonyl (C=O) groups is 1. The second-order valence-corrected chi connectivity index (χ2v) is 6.83. The molecule has 0 saturated heterocycles. The van der Waals surface area contributed by atoms with Gasteiger partial charge in [-0.25, -0.2) is 0 Å². The standard InChI is InChI=1S/C25H27NO5/c1-28-22-15-19(16-23(29-2)24(22)30-3)25(27)26-20-12-7-13-21(17-20)31-14-8-11-18-9-5-4-6-10-18/h4-7,9-10,12-13,15-17H,8,11,14H2,1-3H3,(H,26,27). The van der Waals surface area contributed by atoms with Crippen molar-refractivity contribution in [3.8, 4) is 23.0 Å². The highest BCUT2D eigenvalue weighted by molar-refractivity contribution is 6.05. The normalized spacial score (nSPS) is 10.3. The zero-order valence-corrected chi connectivity index (χ0v) is 18.0. The summed E-state index contributed by atoms with van der Waals surface area (Å²) < 4.78 is 21.8. The summed E-state index contributed by atoms with van der Waals surface area (Å²) >= 11 is 0. The third-order valence-corrected chi connectivity index (χ3v) is 4.74. The molecular formula is C25H27NO5. The summed E-state index contributed by atoms with van der Waals surface area (Å²) in [5.74, 6) is 1.69. The van der Waals surface area contributed by atoms with Gasteiger partial charge in [0.25, 0.3) is 5.91 Å². The van der Waals surface area contributed by atoms with Crippen molar-refractivity contribution in [3.63, 3.8) is 0 Å². The third kappa shape index (κ3) is 5.92. The largest absolute Gasteiger partial charge is 0.494 e. The summed E-state index contributed by atoms with van der Waals surface area (Å²) in [6.45, 7) is 0.596. The van der Waals surface area contributed by atoms with Gasteiger partial charge >= 0.3 is 0 Å². The molecule has 0 aliphatic rings. The molecule has 0 aromatic heterocycles. The smallest absolute Gasteiger partial charge is 0.255 e. The van der Waals surface area contributed by atoms with Crippen LogP contribution in [0.5, 0.6) is 23.0 Å². The van der Waals surface area contributed by atoms with E-state index in [-0.39, 0.29) is 5.91 Å². The van der Waals surface area contributed by atoms with Crippen LogP contribution < -0.4 is 24.3 Å². The molecule has 0 spiro atoms. The maximum absolute atomic E-state index is 12.8. The zero-order valence-electron chi connectivity index (χ0n) is 18.0. The van der Waals surface area contributed by atoms with Crippen molar-refractivity contribution >= 4 is 11.6 Å². The van der Waals surface area contributed by atoms with E-state index >= 15 is 0 Å². The van der Waals surface area contributed by atoms with E-state index in [1.807, 2.05) is 36.4 Å². The summed E-state index contributed by atoms with van der Waals surface area (Å²) in [5.41, 5.74) is 2.32. The van der Waals surface area contributed by atoms with Gasteiger partial charge in [0, 0.05) is 17.3 Å². The highest BCUT2D eigenvalue weighted by atomic mass is 16.5. The molecule has 3 aromatic carbocycles. The Morgan fingerprint density at radius 2 is 1.55 bits per heavy atom. The van der Waals surface area contributed by atoms with Crippen molar-refractivity contribution in [3.05, 3.63) is 77.9 Å². The van der Waals surface area contributed by atoms with Crippen molar-refractivity contribution in [1.82, 2.24) is 0 Å². The lowest BCUT2D eigenvalue weighted by atomic mass is 10.1. The van der Waals surface area contributed by atoms with E-state index in [9.17, 15) is 4.79 Å². The van der Waals surface area contributed by atoms with Crippen LogP contribution in [0.1, 0.15) is 22.3 Å². The average Bonchev–Trinajstić information content (AvgIpc) is 2.81. The topological polar surface area (TPSA) is 66.0 Å². The van der Waals surface area contributed by atoms with Gasteiger partial charge in [-0.2, -0.15) is 0 Å². The van der Waals surface area contributed by atoms with Gasteiger partial charge in [0.15, 0.2) is 11.5 Å². The minimum Gasteiger partial charge on any atom is -0.494 e. The molecule has 0 saturated carbocycles. The van der Waals surface area contributed by atoms with Crippen molar-refractivity contribution in [2.45, 2.75) is 12.8 Å². The van der Waals surface area contributed by atoms with Gasteiger partial charge in [0.05, 0.1) is 27.9 Å². The molecule has 162 valence electrons. The predicted molar refractivity (Wildman–Crippen MR) is 121 cm³/mol. The molecule has 3 rings (SSSR count). The molecule has 0 aliphatic heterocycles. The lowest BCUT2D eigenvalue weighted by molar-refractivity contribution is 0.102. The van der Waals surface area contributed by atoms with Crippen LogP contribution in [-0.2, 0) is 6.42 Å². The molecule has 6 heteroatoms. The van der Waals surface area contributed by atoms with Crippen LogP contribution in [0, 0.1) is 0 Å². The predicted octanol–water partition coefficient (Wildman–Crippen LogP) is 4.98. The van der Waals surface area contributed by atoms with E-state index in [0.717, 1.165) is 12.8 Å². The first-order chi connectivity index (χ1) is 15.1. The maximum atomic E-state index is 12.8. The third-order valence-electron chi connectivity index (χ3n) is 4.74. The second-order valence-electron chi connectivity index (χ2n) is 6.83. The Kier molecular flexibility index (Phi) is 7.76. The van der Waals surface area contributed by atoms with E-state index in [2.05, 4.69) is 17.4 Å². The molecular weight excluding hydrogens is 394 g/mol. The van der Waals surface area contributed by atoms with Crippen molar-refractivity contribution in [2.75, 3.05) is 33.3 Å². The first kappa shape index (κ1) is 22.0. The minimum absolute atomic E-state index is 0.291. The quantitative estimate of drug-likeness (QED) is 0.468. The number of rotatable bonds is 10. The first-order valence-corrected chi connectivity index (χ1v) is 10.0. The number of benzene rings is 3. The van der Waals surface area contributed by atoms with Crippen LogP contribution in [0.4, 0.5) is 5.69 Å². The lowest BCUT2D eigenvalue weighted by Crippen LogP contribution is -2.12. The summed E-state index contributed by atoms with van der Waals surface area (Å²) in [5, 5.41) is 2.88. The summed E-state index contributed by atoms with van der Waals surface area (Å²) in [6, 6.07) is 20.9. The lowest BCUT2D eigenvalue weighted by Gasteiger charge is -2.14. The van der Waals surface area contributed by atoms with Crippen molar-refractivity contribution in [1.29, 1.82) is 0 Å². The van der Waals surface area contributed by atoms with E-state index in [4.69, 9.17) is 18.9 Å². The Labute approximate surface area is 182 Å². The van der Waals surface area contributed by atoms with E-state index in [1.165, 1.54) is 26.9 Å². The fraction of sp³-hybridized carbons (Fsp3) is 0.240. The van der Waals surface area contributed by atoms with Gasteiger partial charge in [0.1, 0.15) is 5.75 Å². The number of anilines is 1. The first-order valence-electron chi connectivity index (χ1n) is 10.0. The molecule has 1 amide bonds. The number of carbonyl (C=O) groups excluding carboxylic acids is 1. The van der Waals surface area contributed by atoms with E-state index < -0.39 is 0 Å². The van der Waals surface area contributed by atoms with Crippen LogP contribution in [-0.4, -0.2) is 33.8 Å². The summed E-state index contributed by atoms with van der Waals surface area (Å²) in [4.78, 5) is 12.8. The SMILES string of the molecule is COc1cc(C(=O)Nc2cccc(OCCCc3ccccc3)c2)cc(OC)c1OC. The van der Waals surface area contributed by atoms with Crippen LogP contribution >= 0.6 is 0 Å². The number of nitrogens with one attached hydrogen (secondary N) is 1. The number of hydrogen-bond acceptors (Lipinski definition) is 5. The van der Waals surface area contributed by atoms with Crippen LogP contribution in [0.15, 0.2) is 66.7 Å². The molecule has 0 atom stereocenters. The maximum Gasteiger partial charge on any atom is 0.255 e. The Balaban J connectivity index is 1.62. The monoisotopic (exact) mass is 421 g/mol. The fourth-order valence-corrected chi connectivity index (χ4v) is 3.19. The second kappa shape index (κ2) is 10.9. The molecule has 1 N–H and O–H groups in total. The molecule has 0 unspecified atom stereocenters. The fourth-order valence-electron chi connectivity index (χ4n) is 3.19. The van der Waals surface area contributed by atoms with Gasteiger partial charge < -0.3 is 24.3 Å². The number of methoxy groups -OCH3 is 3. The highest BCUT2D eigenvalue weighted by Gasteiger charge is 2.17. The molecule has 3 aromatic rings. The van der Waals surface area contributed by atoms with Gasteiger partial charge in [0.2, 0.25) is 5.75 Å². The van der Waals surface area contributed by atoms with Crippen LogP contribution in [0.3, 0.4) is 0 Å². The summed E-state index contributed by atoms with van der Waals surface area (Å²) in [7, 11) is 4.54. The number of hydrogen-bond donors (Lipinski definition) is 1. The van der Waals surface area contributed by atoms with Gasteiger partial charge in [-0.15, -0.1) is 0 Å². The van der Waals surface area contributed by atoms with Crippen LogP contribution in [0.2, 0.25) is 0 Å². The minimum atomic E-state index is -0.291. The molecule has 6 nitrogen and oxygen atoms in total. The Morgan fingerprint density at radius 3 is 2.19 bits per heavy atom. The van der Waals surface area contributed by atoms with Crippen molar-refractivity contribution in [2.24, 2.45) is 0 Å². The average molecular weight is 421 g/mol. The molecule has 0 radical (unpaired) electrons. The van der Waals surface area contributed by atoms with Gasteiger partial charge in [-0.05, 0) is 42.7 Å². The Morgan fingerprint density at radius 1 is 0.839 bits per heavy atom. The Hall–Kier alpha value is -3.67. The van der Waals surface area contributed by atoms with Crippen molar-refractivity contribution < 1.29 is 23.7 Å². The molecule has 31 heavy (non-hydrogen) atoms. The van der Waals surface area contributed by atoms with Gasteiger partial charge in [-0.3, -0.25) is 4.79 Å². The number of aryl methyl sites for hydroxylation is 1. The molecule has 0 bridgehead atoms. The van der Waals surface area contributed by atoms with Gasteiger partial charge in [-0.1, -0.05) is 36.4 Å². The van der Waals surface area contributed by atoms with Crippen LogP contribution in [0.25, 0.3) is 0 Å². The molecule has 0 fully saturated rings. The highest BCUT2D eigenvalue weighted by Crippen LogP contribution is 2.38. The summed E-state index contributed by atoms with van der Waals surface area (Å²) in [6.07, 6.45) is 1.87. The molecule has 0 aliphatic carbocycles. The van der Waals surface area contributed by atoms with E-state index in [0.29, 0.717) is 40.9 Å².